The Kier molecular flexibility index (Phi) is 6.45. The van der Waals surface area contributed by atoms with Crippen LogP contribution >= 0.6 is 11.8 Å². The van der Waals surface area contributed by atoms with Crippen LogP contribution in [0.5, 0.6) is 0 Å². The Labute approximate surface area is 185 Å². The highest BCUT2D eigenvalue weighted by Gasteiger charge is 2.40. The van der Waals surface area contributed by atoms with E-state index in [2.05, 4.69) is 30.9 Å². The number of pyridine rings is 1. The molecule has 162 valence electrons. The highest BCUT2D eigenvalue weighted by molar-refractivity contribution is 8.14. The summed E-state index contributed by atoms with van der Waals surface area (Å²) < 4.78 is 0. The zero-order valence-corrected chi connectivity index (χ0v) is 18.3. The van der Waals surface area contributed by atoms with Gasteiger partial charge in [0.25, 0.3) is 0 Å². The largest absolute Gasteiger partial charge is 0.309 e. The minimum atomic E-state index is -0.165. The predicted octanol–water partition coefficient (Wildman–Crippen LogP) is 2.03. The molecule has 0 spiro atoms. The molecule has 9 nitrogen and oxygen atoms in total. The third-order valence-corrected chi connectivity index (χ3v) is 6.70. The number of aromatic nitrogens is 3. The van der Waals surface area contributed by atoms with E-state index in [0.29, 0.717) is 28.5 Å². The Balaban J connectivity index is 1.21. The van der Waals surface area contributed by atoms with Crippen molar-refractivity contribution in [1.29, 1.82) is 0 Å². The number of amidine groups is 1. The van der Waals surface area contributed by atoms with E-state index >= 15 is 0 Å². The van der Waals surface area contributed by atoms with E-state index in [9.17, 15) is 9.59 Å². The van der Waals surface area contributed by atoms with Gasteiger partial charge in [-0.3, -0.25) is 19.6 Å². The summed E-state index contributed by atoms with van der Waals surface area (Å²) in [6, 6.07) is 9.20. The van der Waals surface area contributed by atoms with Crippen molar-refractivity contribution in [3.63, 3.8) is 0 Å². The second-order valence-electron chi connectivity index (χ2n) is 7.93. The maximum Gasteiger partial charge on any atom is 0.231 e. The summed E-state index contributed by atoms with van der Waals surface area (Å²) in [5.41, 5.74) is 1.64. The first-order valence-electron chi connectivity index (χ1n) is 10.2. The molecule has 2 amide bonds. The first kappa shape index (κ1) is 21.2. The first-order chi connectivity index (χ1) is 15.0. The number of rotatable bonds is 6. The Morgan fingerprint density at radius 3 is 2.65 bits per heavy atom. The zero-order chi connectivity index (χ0) is 21.8. The Morgan fingerprint density at radius 1 is 1.13 bits per heavy atom. The van der Waals surface area contributed by atoms with Crippen molar-refractivity contribution in [2.45, 2.75) is 38.0 Å². The van der Waals surface area contributed by atoms with Crippen molar-refractivity contribution in [3.05, 3.63) is 47.9 Å². The van der Waals surface area contributed by atoms with Gasteiger partial charge in [-0.15, -0.1) is 5.10 Å². The van der Waals surface area contributed by atoms with Gasteiger partial charge in [0.15, 0.2) is 11.0 Å². The fourth-order valence-electron chi connectivity index (χ4n) is 3.89. The third kappa shape index (κ3) is 5.57. The van der Waals surface area contributed by atoms with Gasteiger partial charge in [0.1, 0.15) is 5.37 Å². The molecular weight excluding hydrogens is 414 g/mol. The third-order valence-electron chi connectivity index (χ3n) is 5.36. The van der Waals surface area contributed by atoms with Crippen molar-refractivity contribution in [3.8, 4) is 0 Å². The number of nitrogens with one attached hydrogen (secondary N) is 2. The quantitative estimate of drug-likeness (QED) is 0.708. The second-order valence-corrected chi connectivity index (χ2v) is 9.03. The van der Waals surface area contributed by atoms with Crippen LogP contribution in [0.15, 0.2) is 41.6 Å². The molecule has 1 aliphatic heterocycles. The van der Waals surface area contributed by atoms with Crippen LogP contribution < -0.4 is 10.6 Å². The average molecular weight is 440 g/mol. The number of thioether (sulfide) groups is 1. The summed E-state index contributed by atoms with van der Waals surface area (Å²) in [4.78, 5) is 27.5. The van der Waals surface area contributed by atoms with Crippen molar-refractivity contribution in [2.75, 3.05) is 12.4 Å². The number of nitrogens with zero attached hydrogens (tertiary/aromatic N) is 5. The molecule has 2 aliphatic rings. The molecule has 1 saturated carbocycles. The number of hydrazone groups is 1. The minimum Gasteiger partial charge on any atom is -0.309 e. The Morgan fingerprint density at radius 2 is 1.97 bits per heavy atom. The lowest BCUT2D eigenvalue weighted by Crippen LogP contribution is -2.38. The number of hydrogen-bond acceptors (Lipinski definition) is 8. The monoisotopic (exact) mass is 439 g/mol. The van der Waals surface area contributed by atoms with E-state index in [1.165, 1.54) is 6.92 Å². The normalized spacial score (nSPS) is 22.5. The van der Waals surface area contributed by atoms with Gasteiger partial charge in [-0.05, 0) is 55.4 Å². The molecule has 2 aromatic rings. The van der Waals surface area contributed by atoms with Crippen LogP contribution in [-0.4, -0.2) is 49.6 Å². The summed E-state index contributed by atoms with van der Waals surface area (Å²) in [6.45, 7) is 1.49. The van der Waals surface area contributed by atoms with E-state index in [0.717, 1.165) is 25.0 Å². The molecule has 3 heterocycles. The number of anilines is 1. The van der Waals surface area contributed by atoms with E-state index in [1.54, 1.807) is 24.0 Å². The first-order valence-corrected chi connectivity index (χ1v) is 11.1. The lowest BCUT2D eigenvalue weighted by Gasteiger charge is -2.40. The molecule has 0 saturated heterocycles. The van der Waals surface area contributed by atoms with Gasteiger partial charge >= 0.3 is 0 Å². The van der Waals surface area contributed by atoms with Gasteiger partial charge in [0.05, 0.1) is 12.1 Å². The van der Waals surface area contributed by atoms with Crippen LogP contribution in [0.4, 0.5) is 5.82 Å². The number of carbonyl (C=O) groups is 2. The summed E-state index contributed by atoms with van der Waals surface area (Å²) >= 11 is 1.62. The molecule has 2 aromatic heterocycles. The Hall–Kier alpha value is -3.01. The van der Waals surface area contributed by atoms with Gasteiger partial charge < -0.3 is 10.6 Å². The fraction of sp³-hybridized carbons (Fsp3) is 0.429. The molecule has 2 N–H and O–H groups in total. The SMILES string of the molecule is CC(=O)NC1=NN(C)C([C@H]2C[C@H](Cc3ccc(NC(=O)Cc4ccccn4)nn3)C2)S1. The summed E-state index contributed by atoms with van der Waals surface area (Å²) in [6.07, 6.45) is 4.92. The molecule has 31 heavy (non-hydrogen) atoms. The fourth-order valence-corrected chi connectivity index (χ4v) is 5.11. The smallest absolute Gasteiger partial charge is 0.231 e. The molecule has 1 atom stereocenters. The number of amides is 2. The van der Waals surface area contributed by atoms with Gasteiger partial charge in [-0.25, -0.2) is 0 Å². The van der Waals surface area contributed by atoms with Gasteiger partial charge in [0.2, 0.25) is 11.8 Å². The molecule has 1 fully saturated rings. The molecular formula is C21H25N7O2S. The maximum atomic E-state index is 12.1. The standard InChI is InChI=1S/C21H25N7O2S/c1-13(29)23-21-27-28(2)20(31-21)15-9-14(10-15)11-17-6-7-18(26-25-17)24-19(30)12-16-5-3-4-8-22-16/h3-8,14-15,20H,9-12H2,1-2H3,(H,23,27,29)(H,24,26,30)/t14-,15-,20?. The maximum absolute atomic E-state index is 12.1. The van der Waals surface area contributed by atoms with Gasteiger partial charge in [0, 0.05) is 25.9 Å². The highest BCUT2D eigenvalue weighted by Crippen LogP contribution is 2.44. The number of carbonyl (C=O) groups excluding carboxylic acids is 2. The summed E-state index contributed by atoms with van der Waals surface area (Å²) in [7, 11) is 1.95. The van der Waals surface area contributed by atoms with Crippen LogP contribution in [-0.2, 0) is 22.4 Å². The van der Waals surface area contributed by atoms with Crippen molar-refractivity contribution in [1.82, 2.24) is 25.5 Å². The van der Waals surface area contributed by atoms with Crippen LogP contribution in [0, 0.1) is 11.8 Å². The van der Waals surface area contributed by atoms with Gasteiger partial charge in [-0.2, -0.15) is 10.2 Å². The minimum absolute atomic E-state index is 0.0956. The van der Waals surface area contributed by atoms with Crippen LogP contribution in [0.1, 0.15) is 31.2 Å². The summed E-state index contributed by atoms with van der Waals surface area (Å²) in [5.74, 6) is 1.28. The molecule has 0 aromatic carbocycles. The summed E-state index contributed by atoms with van der Waals surface area (Å²) in [5, 5.41) is 21.2. The van der Waals surface area contributed by atoms with E-state index in [4.69, 9.17) is 0 Å². The van der Waals surface area contributed by atoms with Crippen LogP contribution in [0.3, 0.4) is 0 Å². The van der Waals surface area contributed by atoms with E-state index < -0.39 is 0 Å². The van der Waals surface area contributed by atoms with E-state index in [-0.39, 0.29) is 23.6 Å². The molecule has 10 heteroatoms. The average Bonchev–Trinajstić information content (AvgIpc) is 3.05. The van der Waals surface area contributed by atoms with E-state index in [1.807, 2.05) is 36.3 Å². The van der Waals surface area contributed by atoms with Crippen molar-refractivity contribution < 1.29 is 9.59 Å². The topological polar surface area (TPSA) is 112 Å². The lowest BCUT2D eigenvalue weighted by molar-refractivity contribution is -0.117. The second kappa shape index (κ2) is 9.42. The number of hydrogen-bond donors (Lipinski definition) is 2. The van der Waals surface area contributed by atoms with Crippen LogP contribution in [0.2, 0.25) is 0 Å². The van der Waals surface area contributed by atoms with Crippen LogP contribution in [0.25, 0.3) is 0 Å². The van der Waals surface area contributed by atoms with Crippen molar-refractivity contribution in [2.24, 2.45) is 16.9 Å². The lowest BCUT2D eigenvalue weighted by atomic mass is 9.72. The van der Waals surface area contributed by atoms with Crippen molar-refractivity contribution >= 4 is 34.6 Å². The van der Waals surface area contributed by atoms with Gasteiger partial charge in [-0.1, -0.05) is 17.8 Å². The highest BCUT2D eigenvalue weighted by atomic mass is 32.2. The molecule has 0 bridgehead atoms. The molecule has 1 aliphatic carbocycles. The molecule has 1 unspecified atom stereocenters. The Bertz CT molecular complexity index is 961. The molecule has 0 radical (unpaired) electrons. The zero-order valence-electron chi connectivity index (χ0n) is 17.5. The predicted molar refractivity (Wildman–Crippen MR) is 119 cm³/mol. The molecule has 4 rings (SSSR count).